The van der Waals surface area contributed by atoms with E-state index in [4.69, 9.17) is 0 Å². The minimum absolute atomic E-state index is 1.22. The Hall–Kier alpha value is -2.35. The smallest absolute Gasteiger partial charge is 0.215 e. The normalized spacial score (nSPS) is 10.9. The number of para-hydroxylation sites is 1. The van der Waals surface area contributed by atoms with Gasteiger partial charge in [-0.05, 0) is 43.3 Å². The van der Waals surface area contributed by atoms with Crippen molar-refractivity contribution < 1.29 is 4.57 Å². The SMILES string of the molecule is Cc1cccc2ccc(-c3ccc(N(C)C)cc3)[n+](C)c12. The molecule has 2 nitrogen and oxygen atoms in total. The van der Waals surface area contributed by atoms with Crippen LogP contribution in [0.15, 0.2) is 54.6 Å². The van der Waals surface area contributed by atoms with Gasteiger partial charge in [-0.1, -0.05) is 12.1 Å². The summed E-state index contributed by atoms with van der Waals surface area (Å²) in [5.41, 5.74) is 6.31. The van der Waals surface area contributed by atoms with Gasteiger partial charge >= 0.3 is 0 Å². The Morgan fingerprint density at radius 1 is 0.857 bits per heavy atom. The Labute approximate surface area is 126 Å². The van der Waals surface area contributed by atoms with Crippen molar-refractivity contribution in [1.29, 1.82) is 0 Å². The predicted octanol–water partition coefficient (Wildman–Crippen LogP) is 3.71. The predicted molar refractivity (Wildman–Crippen MR) is 89.6 cm³/mol. The van der Waals surface area contributed by atoms with E-state index in [0.29, 0.717) is 0 Å². The molecule has 0 saturated carbocycles. The van der Waals surface area contributed by atoms with E-state index in [9.17, 15) is 0 Å². The zero-order valence-corrected chi connectivity index (χ0v) is 13.1. The van der Waals surface area contributed by atoms with Crippen LogP contribution in [-0.4, -0.2) is 14.1 Å². The van der Waals surface area contributed by atoms with Gasteiger partial charge in [0, 0.05) is 42.4 Å². The van der Waals surface area contributed by atoms with Crippen LogP contribution >= 0.6 is 0 Å². The zero-order valence-electron chi connectivity index (χ0n) is 13.1. The monoisotopic (exact) mass is 277 g/mol. The number of anilines is 1. The second kappa shape index (κ2) is 5.21. The average molecular weight is 277 g/mol. The van der Waals surface area contributed by atoms with Crippen LogP contribution in [0.1, 0.15) is 5.56 Å². The standard InChI is InChI=1S/C19H21N2/c1-14-6-5-7-16-10-13-18(21(4)19(14)16)15-8-11-17(12-9-15)20(2)3/h5-13H,1-4H3/q+1. The highest BCUT2D eigenvalue weighted by molar-refractivity contribution is 5.80. The summed E-state index contributed by atoms with van der Waals surface area (Å²) < 4.78 is 2.29. The summed E-state index contributed by atoms with van der Waals surface area (Å²) in [6, 6.07) is 19.6. The Kier molecular flexibility index (Phi) is 3.38. The summed E-state index contributed by atoms with van der Waals surface area (Å²) in [5, 5.41) is 1.28. The molecule has 0 aliphatic carbocycles. The third-order valence-corrected chi connectivity index (χ3v) is 4.07. The van der Waals surface area contributed by atoms with Gasteiger partial charge in [0.05, 0.1) is 0 Å². The van der Waals surface area contributed by atoms with Crippen LogP contribution in [0.3, 0.4) is 0 Å². The lowest BCUT2D eigenvalue weighted by atomic mass is 10.1. The Balaban J connectivity index is 2.16. The molecule has 3 rings (SSSR count). The maximum Gasteiger partial charge on any atom is 0.215 e. The molecule has 0 fully saturated rings. The van der Waals surface area contributed by atoms with Gasteiger partial charge in [0.25, 0.3) is 0 Å². The van der Waals surface area contributed by atoms with E-state index < -0.39 is 0 Å². The van der Waals surface area contributed by atoms with Crippen LogP contribution in [0.5, 0.6) is 0 Å². The van der Waals surface area contributed by atoms with Crippen molar-refractivity contribution in [3.8, 4) is 11.3 Å². The van der Waals surface area contributed by atoms with Crippen molar-refractivity contribution in [3.05, 3.63) is 60.2 Å². The highest BCUT2D eigenvalue weighted by Gasteiger charge is 2.15. The van der Waals surface area contributed by atoms with E-state index >= 15 is 0 Å². The van der Waals surface area contributed by atoms with E-state index in [1.54, 1.807) is 0 Å². The summed E-state index contributed by atoms with van der Waals surface area (Å²) in [5.74, 6) is 0. The van der Waals surface area contributed by atoms with E-state index in [1.165, 1.54) is 33.4 Å². The first-order valence-corrected chi connectivity index (χ1v) is 7.24. The third kappa shape index (κ3) is 2.38. The number of pyridine rings is 1. The number of fused-ring (bicyclic) bond motifs is 1. The van der Waals surface area contributed by atoms with Crippen molar-refractivity contribution in [2.24, 2.45) is 7.05 Å². The Morgan fingerprint density at radius 2 is 1.57 bits per heavy atom. The van der Waals surface area contributed by atoms with Gasteiger partial charge in [0.15, 0.2) is 0 Å². The van der Waals surface area contributed by atoms with Crippen molar-refractivity contribution in [2.45, 2.75) is 6.92 Å². The summed E-state index contributed by atoms with van der Waals surface area (Å²) in [6.45, 7) is 2.17. The number of hydrogen-bond acceptors (Lipinski definition) is 1. The molecule has 0 atom stereocenters. The molecular formula is C19H21N2+. The minimum Gasteiger partial charge on any atom is -0.378 e. The average Bonchev–Trinajstić information content (AvgIpc) is 2.48. The lowest BCUT2D eigenvalue weighted by Crippen LogP contribution is -2.32. The molecule has 1 aromatic heterocycles. The van der Waals surface area contributed by atoms with Gasteiger partial charge in [-0.15, -0.1) is 0 Å². The van der Waals surface area contributed by atoms with Crippen molar-refractivity contribution in [2.75, 3.05) is 19.0 Å². The van der Waals surface area contributed by atoms with Crippen molar-refractivity contribution in [1.82, 2.24) is 0 Å². The number of aromatic nitrogens is 1. The number of hydrogen-bond donors (Lipinski definition) is 0. The first kappa shape index (κ1) is 13.6. The number of benzene rings is 2. The van der Waals surface area contributed by atoms with Crippen LogP contribution in [-0.2, 0) is 7.05 Å². The maximum atomic E-state index is 2.29. The summed E-state index contributed by atoms with van der Waals surface area (Å²) >= 11 is 0. The van der Waals surface area contributed by atoms with Crippen molar-refractivity contribution in [3.63, 3.8) is 0 Å². The Morgan fingerprint density at radius 3 is 2.24 bits per heavy atom. The lowest BCUT2D eigenvalue weighted by Gasteiger charge is -2.12. The molecule has 0 bridgehead atoms. The highest BCUT2D eigenvalue weighted by Crippen LogP contribution is 2.23. The third-order valence-electron chi connectivity index (χ3n) is 4.07. The molecule has 21 heavy (non-hydrogen) atoms. The van der Waals surface area contributed by atoms with Crippen LogP contribution in [0.25, 0.3) is 22.2 Å². The quantitative estimate of drug-likeness (QED) is 0.648. The maximum absolute atomic E-state index is 2.29. The van der Waals surface area contributed by atoms with E-state index in [1.807, 2.05) is 0 Å². The van der Waals surface area contributed by atoms with Crippen LogP contribution in [0.4, 0.5) is 5.69 Å². The first-order chi connectivity index (χ1) is 10.1. The lowest BCUT2D eigenvalue weighted by molar-refractivity contribution is -0.633. The molecule has 0 aliphatic rings. The van der Waals surface area contributed by atoms with E-state index in [2.05, 4.69) is 92.1 Å². The summed E-state index contributed by atoms with van der Waals surface area (Å²) in [6.07, 6.45) is 0. The van der Waals surface area contributed by atoms with Gasteiger partial charge in [-0.2, -0.15) is 4.57 Å². The van der Waals surface area contributed by atoms with Gasteiger partial charge < -0.3 is 4.90 Å². The molecular weight excluding hydrogens is 256 g/mol. The fourth-order valence-corrected chi connectivity index (χ4v) is 2.90. The molecule has 0 amide bonds. The fraction of sp³-hybridized carbons (Fsp3) is 0.211. The number of rotatable bonds is 2. The zero-order chi connectivity index (χ0) is 15.0. The Bertz CT molecular complexity index is 787. The molecule has 106 valence electrons. The molecule has 0 radical (unpaired) electrons. The largest absolute Gasteiger partial charge is 0.378 e. The second-order valence-electron chi connectivity index (χ2n) is 5.73. The van der Waals surface area contributed by atoms with Gasteiger partial charge in [0.1, 0.15) is 7.05 Å². The van der Waals surface area contributed by atoms with E-state index in [0.717, 1.165) is 0 Å². The molecule has 2 aromatic carbocycles. The topological polar surface area (TPSA) is 7.12 Å². The highest BCUT2D eigenvalue weighted by atomic mass is 15.1. The molecule has 0 spiro atoms. The van der Waals surface area contributed by atoms with Gasteiger partial charge in [-0.3, -0.25) is 0 Å². The number of nitrogens with zero attached hydrogens (tertiary/aromatic N) is 2. The van der Waals surface area contributed by atoms with Crippen molar-refractivity contribution >= 4 is 16.6 Å². The molecule has 3 aromatic rings. The summed E-state index contributed by atoms with van der Waals surface area (Å²) in [4.78, 5) is 2.12. The summed E-state index contributed by atoms with van der Waals surface area (Å²) in [7, 11) is 6.27. The molecule has 0 saturated heterocycles. The molecule has 0 N–H and O–H groups in total. The van der Waals surface area contributed by atoms with Crippen LogP contribution in [0, 0.1) is 6.92 Å². The second-order valence-corrected chi connectivity index (χ2v) is 5.73. The molecule has 0 unspecified atom stereocenters. The fourth-order valence-electron chi connectivity index (χ4n) is 2.90. The first-order valence-electron chi connectivity index (χ1n) is 7.24. The molecule has 2 heteroatoms. The van der Waals surface area contributed by atoms with Gasteiger partial charge in [-0.25, -0.2) is 0 Å². The molecule has 0 aliphatic heterocycles. The van der Waals surface area contributed by atoms with E-state index in [-0.39, 0.29) is 0 Å². The van der Waals surface area contributed by atoms with Crippen LogP contribution in [0.2, 0.25) is 0 Å². The minimum atomic E-state index is 1.22. The number of aryl methyl sites for hydroxylation is 2. The van der Waals surface area contributed by atoms with Crippen LogP contribution < -0.4 is 9.47 Å². The molecule has 1 heterocycles. The van der Waals surface area contributed by atoms with Gasteiger partial charge in [0.2, 0.25) is 11.2 Å².